The van der Waals surface area contributed by atoms with Gasteiger partial charge in [0.1, 0.15) is 0 Å². The summed E-state index contributed by atoms with van der Waals surface area (Å²) in [4.78, 5) is 0. The molecule has 1 fully saturated rings. The van der Waals surface area contributed by atoms with E-state index in [0.29, 0.717) is 12.4 Å². The topological polar surface area (TPSA) is 37.4 Å². The lowest BCUT2D eigenvalue weighted by Gasteiger charge is -2.24. The van der Waals surface area contributed by atoms with Crippen LogP contribution in [0.5, 0.6) is 0 Å². The summed E-state index contributed by atoms with van der Waals surface area (Å²) in [6.45, 7) is 4.61. The third-order valence-electron chi connectivity index (χ3n) is 2.91. The summed E-state index contributed by atoms with van der Waals surface area (Å²) < 4.78 is 25.8. The maximum absolute atomic E-state index is 12.0. The second-order valence-corrected chi connectivity index (χ2v) is 6.63. The summed E-state index contributed by atoms with van der Waals surface area (Å²) in [7, 11) is -3.08. The minimum absolute atomic E-state index is 0.0368. The Morgan fingerprint density at radius 2 is 2.20 bits per heavy atom. The number of hydrogen-bond acceptors (Lipinski definition) is 2. The molecule has 0 saturated carbocycles. The van der Waals surface area contributed by atoms with Crippen molar-refractivity contribution >= 4 is 21.6 Å². The molecule has 15 heavy (non-hydrogen) atoms. The first-order valence-electron chi connectivity index (χ1n) is 5.56. The molecule has 0 spiro atoms. The van der Waals surface area contributed by atoms with Crippen molar-refractivity contribution in [2.75, 3.05) is 18.2 Å². The van der Waals surface area contributed by atoms with Crippen LogP contribution in [0.1, 0.15) is 33.1 Å². The van der Waals surface area contributed by atoms with Crippen LogP contribution in [0.4, 0.5) is 0 Å². The molecule has 3 nitrogen and oxygen atoms in total. The zero-order valence-electron chi connectivity index (χ0n) is 9.45. The van der Waals surface area contributed by atoms with Gasteiger partial charge in [-0.25, -0.2) is 8.42 Å². The molecule has 0 N–H and O–H groups in total. The largest absolute Gasteiger partial charge is 0.214 e. The Balaban J connectivity index is 2.68. The van der Waals surface area contributed by atoms with Gasteiger partial charge in [0.2, 0.25) is 10.0 Å². The van der Waals surface area contributed by atoms with Crippen molar-refractivity contribution in [3.63, 3.8) is 0 Å². The zero-order valence-corrected chi connectivity index (χ0v) is 11.0. The molecule has 0 amide bonds. The molecule has 1 rings (SSSR count). The molecule has 1 aliphatic rings. The fourth-order valence-electron chi connectivity index (χ4n) is 2.08. The van der Waals surface area contributed by atoms with E-state index in [1.165, 1.54) is 0 Å². The third kappa shape index (κ3) is 3.33. The van der Waals surface area contributed by atoms with Gasteiger partial charge in [0.25, 0.3) is 0 Å². The van der Waals surface area contributed by atoms with E-state index in [4.69, 9.17) is 11.6 Å². The summed E-state index contributed by atoms with van der Waals surface area (Å²) in [5, 5.41) is 0. The van der Waals surface area contributed by atoms with Crippen LogP contribution in [0, 0.1) is 5.92 Å². The molecule has 0 radical (unpaired) electrons. The average molecular weight is 254 g/mol. The highest BCUT2D eigenvalue weighted by Gasteiger charge is 2.33. The molecular formula is C10H20ClNO2S. The van der Waals surface area contributed by atoms with E-state index in [1.807, 2.05) is 13.8 Å². The van der Waals surface area contributed by atoms with E-state index in [2.05, 4.69) is 0 Å². The van der Waals surface area contributed by atoms with Gasteiger partial charge in [0.15, 0.2) is 0 Å². The third-order valence-corrected chi connectivity index (χ3v) is 5.62. The Bertz CT molecular complexity index is 292. The van der Waals surface area contributed by atoms with Crippen molar-refractivity contribution in [1.82, 2.24) is 4.31 Å². The maximum atomic E-state index is 12.0. The molecule has 1 saturated heterocycles. The molecule has 1 aliphatic heterocycles. The monoisotopic (exact) mass is 253 g/mol. The average Bonchev–Trinajstić information content (AvgIpc) is 2.65. The summed E-state index contributed by atoms with van der Waals surface area (Å²) in [5.74, 6) is 0.631. The number of alkyl halides is 1. The molecule has 1 heterocycles. The van der Waals surface area contributed by atoms with Crippen molar-refractivity contribution in [3.8, 4) is 0 Å². The molecule has 2 atom stereocenters. The molecule has 0 bridgehead atoms. The Labute approximate surface area is 97.8 Å². The minimum atomic E-state index is -3.08. The van der Waals surface area contributed by atoms with Crippen LogP contribution in [0.25, 0.3) is 0 Å². The standard InChI is InChI=1S/C10H20ClNO2S/c1-3-10-5-4-6-12(10)15(13,14)8-9(2)7-11/h9-10H,3-8H2,1-2H3. The number of hydrogen-bond donors (Lipinski definition) is 0. The van der Waals surface area contributed by atoms with Crippen LogP contribution in [0.3, 0.4) is 0 Å². The first-order valence-corrected chi connectivity index (χ1v) is 7.71. The Morgan fingerprint density at radius 3 is 2.73 bits per heavy atom. The van der Waals surface area contributed by atoms with E-state index in [9.17, 15) is 8.42 Å². The summed E-state index contributed by atoms with van der Waals surface area (Å²) >= 11 is 5.65. The van der Waals surface area contributed by atoms with Crippen LogP contribution in [-0.4, -0.2) is 36.9 Å². The molecule has 0 aromatic carbocycles. The molecule has 90 valence electrons. The van der Waals surface area contributed by atoms with Crippen molar-refractivity contribution < 1.29 is 8.42 Å². The van der Waals surface area contributed by atoms with Gasteiger partial charge in [-0.1, -0.05) is 13.8 Å². The number of sulfonamides is 1. The maximum Gasteiger partial charge on any atom is 0.214 e. The molecule has 0 aromatic heterocycles. The lowest BCUT2D eigenvalue weighted by Crippen LogP contribution is -2.38. The summed E-state index contributed by atoms with van der Waals surface area (Å²) in [6, 6.07) is 0.220. The van der Waals surface area contributed by atoms with E-state index < -0.39 is 10.0 Å². The normalized spacial score (nSPS) is 25.7. The fraction of sp³-hybridized carbons (Fsp3) is 1.00. The molecule has 2 unspecified atom stereocenters. The van der Waals surface area contributed by atoms with Crippen LogP contribution in [0.2, 0.25) is 0 Å². The number of rotatable bonds is 5. The van der Waals surface area contributed by atoms with Crippen molar-refractivity contribution in [2.45, 2.75) is 39.2 Å². The Kier molecular flexibility index (Phi) is 4.87. The van der Waals surface area contributed by atoms with Crippen LogP contribution in [0.15, 0.2) is 0 Å². The number of nitrogens with zero attached hydrogens (tertiary/aromatic N) is 1. The van der Waals surface area contributed by atoms with Crippen molar-refractivity contribution in [3.05, 3.63) is 0 Å². The van der Waals surface area contributed by atoms with Crippen LogP contribution >= 0.6 is 11.6 Å². The predicted molar refractivity (Wildman–Crippen MR) is 63.7 cm³/mol. The van der Waals surface area contributed by atoms with Gasteiger partial charge in [-0.3, -0.25) is 0 Å². The first-order chi connectivity index (χ1) is 7.01. The first kappa shape index (κ1) is 13.3. The highest BCUT2D eigenvalue weighted by molar-refractivity contribution is 7.89. The molecular weight excluding hydrogens is 234 g/mol. The quantitative estimate of drug-likeness (QED) is 0.704. The van der Waals surface area contributed by atoms with E-state index in [0.717, 1.165) is 19.3 Å². The van der Waals surface area contributed by atoms with Gasteiger partial charge in [-0.2, -0.15) is 4.31 Å². The van der Waals surface area contributed by atoms with E-state index in [-0.39, 0.29) is 17.7 Å². The minimum Gasteiger partial charge on any atom is -0.212 e. The van der Waals surface area contributed by atoms with Gasteiger partial charge < -0.3 is 0 Å². The fourth-order valence-corrected chi connectivity index (χ4v) is 4.47. The van der Waals surface area contributed by atoms with E-state index >= 15 is 0 Å². The van der Waals surface area contributed by atoms with Gasteiger partial charge >= 0.3 is 0 Å². The summed E-state index contributed by atoms with van der Waals surface area (Å²) in [5.41, 5.74) is 0. The Hall–Kier alpha value is 0.200. The number of halogens is 1. The smallest absolute Gasteiger partial charge is 0.212 e. The second kappa shape index (κ2) is 5.51. The van der Waals surface area contributed by atoms with Crippen LogP contribution in [-0.2, 0) is 10.0 Å². The van der Waals surface area contributed by atoms with Crippen molar-refractivity contribution in [1.29, 1.82) is 0 Å². The predicted octanol–water partition coefficient (Wildman–Crippen LogP) is 2.07. The lowest BCUT2D eigenvalue weighted by molar-refractivity contribution is 0.377. The second-order valence-electron chi connectivity index (χ2n) is 4.35. The van der Waals surface area contributed by atoms with Gasteiger partial charge in [0.05, 0.1) is 5.75 Å². The van der Waals surface area contributed by atoms with Gasteiger partial charge in [-0.15, -0.1) is 11.6 Å². The molecule has 0 aromatic rings. The Morgan fingerprint density at radius 1 is 1.53 bits per heavy atom. The highest BCUT2D eigenvalue weighted by Crippen LogP contribution is 2.24. The van der Waals surface area contributed by atoms with Gasteiger partial charge in [0, 0.05) is 18.5 Å². The van der Waals surface area contributed by atoms with E-state index in [1.54, 1.807) is 4.31 Å². The van der Waals surface area contributed by atoms with Gasteiger partial charge in [-0.05, 0) is 25.2 Å². The van der Waals surface area contributed by atoms with Crippen LogP contribution < -0.4 is 0 Å². The van der Waals surface area contributed by atoms with Crippen molar-refractivity contribution in [2.24, 2.45) is 5.92 Å². The molecule has 0 aliphatic carbocycles. The summed E-state index contributed by atoms with van der Waals surface area (Å²) in [6.07, 6.45) is 2.91. The molecule has 5 heteroatoms. The lowest BCUT2D eigenvalue weighted by atomic mass is 10.2. The zero-order chi connectivity index (χ0) is 11.5. The highest BCUT2D eigenvalue weighted by atomic mass is 35.5. The SMILES string of the molecule is CCC1CCCN1S(=O)(=O)CC(C)CCl.